The molecule has 0 unspecified atom stereocenters. The summed E-state index contributed by atoms with van der Waals surface area (Å²) in [5.74, 6) is -1.16. The van der Waals surface area contributed by atoms with Crippen LogP contribution in [0.5, 0.6) is 0 Å². The summed E-state index contributed by atoms with van der Waals surface area (Å²) in [6.45, 7) is 5.38. The van der Waals surface area contributed by atoms with Gasteiger partial charge in [-0.2, -0.15) is 0 Å². The van der Waals surface area contributed by atoms with Gasteiger partial charge in [0.15, 0.2) is 0 Å². The lowest BCUT2D eigenvalue weighted by Gasteiger charge is -2.19. The van der Waals surface area contributed by atoms with Gasteiger partial charge in [0.25, 0.3) is 5.91 Å². The Labute approximate surface area is 169 Å². The van der Waals surface area contributed by atoms with Crippen LogP contribution in [0.4, 0.5) is 4.79 Å². The number of amides is 1. The molecule has 0 fully saturated rings. The van der Waals surface area contributed by atoms with Gasteiger partial charge in [0, 0.05) is 6.54 Å². The summed E-state index contributed by atoms with van der Waals surface area (Å²) in [6.07, 6.45) is 1.84. The smallest absolute Gasteiger partial charge is 0.428 e. The van der Waals surface area contributed by atoms with Gasteiger partial charge in [-0.3, -0.25) is 9.78 Å². The summed E-state index contributed by atoms with van der Waals surface area (Å²) in [5.41, 5.74) is 6.58. The molecule has 1 heterocycles. The molecule has 1 aromatic heterocycles. The number of unbranched alkanes of at least 4 members (excludes halogenated alkanes) is 1. The molecule has 1 aromatic carbocycles. The Bertz CT molecular complexity index is 879. The summed E-state index contributed by atoms with van der Waals surface area (Å²) < 4.78 is 9.47. The largest absolute Gasteiger partial charge is 0.516 e. The number of aromatic nitrogens is 2. The minimum Gasteiger partial charge on any atom is -0.428 e. The highest BCUT2D eigenvalue weighted by Crippen LogP contribution is 2.10. The monoisotopic (exact) mass is 402 g/mol. The summed E-state index contributed by atoms with van der Waals surface area (Å²) in [5, 5.41) is 2.75. The van der Waals surface area contributed by atoms with E-state index in [9.17, 15) is 14.4 Å². The Morgan fingerprint density at radius 2 is 1.83 bits per heavy atom. The summed E-state index contributed by atoms with van der Waals surface area (Å²) in [7, 11) is 0. The molecule has 156 valence electrons. The van der Waals surface area contributed by atoms with Gasteiger partial charge in [-0.1, -0.05) is 12.1 Å². The molecule has 9 heteroatoms. The molecule has 0 aliphatic rings. The van der Waals surface area contributed by atoms with Crippen LogP contribution in [0.2, 0.25) is 0 Å². The Morgan fingerprint density at radius 1 is 1.14 bits per heavy atom. The van der Waals surface area contributed by atoms with E-state index in [1.165, 1.54) is 6.20 Å². The van der Waals surface area contributed by atoms with E-state index in [2.05, 4.69) is 20.0 Å². The number of fused-ring (bicyclic) bond motifs is 1. The van der Waals surface area contributed by atoms with E-state index in [1.54, 1.807) is 26.8 Å². The van der Waals surface area contributed by atoms with E-state index in [0.717, 1.165) is 5.52 Å². The van der Waals surface area contributed by atoms with E-state index < -0.39 is 23.8 Å². The highest BCUT2D eigenvalue weighted by Gasteiger charge is 2.23. The summed E-state index contributed by atoms with van der Waals surface area (Å²) in [6, 6.07) is 6.35. The van der Waals surface area contributed by atoms with E-state index in [4.69, 9.17) is 10.5 Å². The second-order valence-corrected chi connectivity index (χ2v) is 7.49. The van der Waals surface area contributed by atoms with Gasteiger partial charge in [-0.25, -0.2) is 14.6 Å². The number of rotatable bonds is 7. The molecular weight excluding hydrogens is 376 g/mol. The van der Waals surface area contributed by atoms with E-state index in [0.29, 0.717) is 31.3 Å². The van der Waals surface area contributed by atoms with Crippen LogP contribution in [0.1, 0.15) is 50.5 Å². The van der Waals surface area contributed by atoms with Gasteiger partial charge < -0.3 is 20.5 Å². The highest BCUT2D eigenvalue weighted by atomic mass is 16.7. The quantitative estimate of drug-likeness (QED) is 0.409. The van der Waals surface area contributed by atoms with Crippen molar-refractivity contribution in [3.8, 4) is 0 Å². The van der Waals surface area contributed by atoms with Crippen LogP contribution < -0.4 is 11.1 Å². The third-order valence-electron chi connectivity index (χ3n) is 3.78. The fourth-order valence-corrected chi connectivity index (χ4v) is 2.39. The van der Waals surface area contributed by atoms with Crippen LogP contribution in [-0.4, -0.2) is 46.2 Å². The van der Waals surface area contributed by atoms with Crippen molar-refractivity contribution >= 4 is 29.1 Å². The van der Waals surface area contributed by atoms with Crippen molar-refractivity contribution in [2.75, 3.05) is 6.54 Å². The maximum atomic E-state index is 12.2. The molecule has 2 rings (SSSR count). The number of esters is 1. The van der Waals surface area contributed by atoms with Gasteiger partial charge in [0.1, 0.15) is 17.3 Å². The average molecular weight is 402 g/mol. The lowest BCUT2D eigenvalue weighted by atomic mass is 10.1. The molecular formula is C20H26N4O5. The number of nitrogens with zero attached hydrogens (tertiary/aromatic N) is 2. The number of para-hydroxylation sites is 2. The molecule has 29 heavy (non-hydrogen) atoms. The standard InChI is InChI=1S/C20H26N4O5/c1-20(2,3)29-19(27)28-18(26)13(21)8-6-7-11-22-17(25)16-12-23-14-9-4-5-10-15(14)24-16/h4-5,9-10,12-13H,6-8,11,21H2,1-3H3,(H,22,25)/t13-/m0/s1. The van der Waals surface area contributed by atoms with Crippen molar-refractivity contribution in [1.82, 2.24) is 15.3 Å². The maximum absolute atomic E-state index is 12.2. The van der Waals surface area contributed by atoms with Crippen molar-refractivity contribution in [3.05, 3.63) is 36.2 Å². The van der Waals surface area contributed by atoms with Crippen molar-refractivity contribution in [2.24, 2.45) is 5.73 Å². The third kappa shape index (κ3) is 7.46. The predicted octanol–water partition coefficient (Wildman–Crippen LogP) is 2.34. The first kappa shape index (κ1) is 22.2. The molecule has 9 nitrogen and oxygen atoms in total. The average Bonchev–Trinajstić information content (AvgIpc) is 2.65. The zero-order valence-corrected chi connectivity index (χ0v) is 16.8. The molecule has 0 radical (unpaired) electrons. The van der Waals surface area contributed by atoms with Gasteiger partial charge >= 0.3 is 12.1 Å². The van der Waals surface area contributed by atoms with Gasteiger partial charge in [-0.05, 0) is 52.2 Å². The molecule has 0 aliphatic heterocycles. The van der Waals surface area contributed by atoms with Crippen LogP contribution in [0, 0.1) is 0 Å². The Balaban J connectivity index is 1.68. The molecule has 3 N–H and O–H groups in total. The lowest BCUT2D eigenvalue weighted by Crippen LogP contribution is -2.35. The molecule has 0 aliphatic carbocycles. The van der Waals surface area contributed by atoms with Gasteiger partial charge in [-0.15, -0.1) is 0 Å². The van der Waals surface area contributed by atoms with Crippen molar-refractivity contribution in [3.63, 3.8) is 0 Å². The lowest BCUT2D eigenvalue weighted by molar-refractivity contribution is -0.143. The summed E-state index contributed by atoms with van der Waals surface area (Å²) in [4.78, 5) is 43.9. The fraction of sp³-hybridized carbons (Fsp3) is 0.450. The number of ether oxygens (including phenoxy) is 2. The topological polar surface area (TPSA) is 134 Å². The Morgan fingerprint density at radius 3 is 2.52 bits per heavy atom. The number of carbonyl (C=O) groups excluding carboxylic acids is 3. The van der Waals surface area contributed by atoms with Crippen molar-refractivity contribution in [1.29, 1.82) is 0 Å². The van der Waals surface area contributed by atoms with E-state index >= 15 is 0 Å². The molecule has 2 aromatic rings. The number of hydrogen-bond acceptors (Lipinski definition) is 8. The zero-order valence-electron chi connectivity index (χ0n) is 16.8. The normalized spacial score (nSPS) is 12.3. The Kier molecular flexibility index (Phi) is 7.60. The minimum atomic E-state index is -1.07. The number of carbonyl (C=O) groups is 3. The number of hydrogen-bond donors (Lipinski definition) is 2. The van der Waals surface area contributed by atoms with Crippen LogP contribution in [-0.2, 0) is 14.3 Å². The first-order chi connectivity index (χ1) is 13.7. The molecule has 0 bridgehead atoms. The molecule has 0 saturated carbocycles. The second kappa shape index (κ2) is 9.92. The van der Waals surface area contributed by atoms with Crippen molar-refractivity contribution < 1.29 is 23.9 Å². The van der Waals surface area contributed by atoms with Gasteiger partial charge in [0.2, 0.25) is 0 Å². The van der Waals surface area contributed by atoms with E-state index in [-0.39, 0.29) is 11.6 Å². The van der Waals surface area contributed by atoms with Gasteiger partial charge in [0.05, 0.1) is 17.2 Å². The van der Waals surface area contributed by atoms with Crippen LogP contribution >= 0.6 is 0 Å². The Hall–Kier alpha value is -3.07. The third-order valence-corrected chi connectivity index (χ3v) is 3.78. The van der Waals surface area contributed by atoms with Crippen LogP contribution in [0.25, 0.3) is 11.0 Å². The number of nitrogens with two attached hydrogens (primary N) is 1. The summed E-state index contributed by atoms with van der Waals surface area (Å²) >= 11 is 0. The maximum Gasteiger partial charge on any atom is 0.516 e. The first-order valence-electron chi connectivity index (χ1n) is 9.36. The molecule has 1 atom stereocenters. The number of nitrogens with one attached hydrogen (secondary N) is 1. The molecule has 1 amide bonds. The second-order valence-electron chi connectivity index (χ2n) is 7.49. The zero-order chi connectivity index (χ0) is 21.4. The SMILES string of the molecule is CC(C)(C)OC(=O)OC(=O)[C@@H](N)CCCCNC(=O)c1cnc2ccccc2n1. The first-order valence-corrected chi connectivity index (χ1v) is 9.36. The minimum absolute atomic E-state index is 0.237. The van der Waals surface area contributed by atoms with Crippen molar-refractivity contribution in [2.45, 2.75) is 51.7 Å². The predicted molar refractivity (Wildman–Crippen MR) is 106 cm³/mol. The van der Waals surface area contributed by atoms with E-state index in [1.807, 2.05) is 18.2 Å². The molecule has 0 spiro atoms. The van der Waals surface area contributed by atoms with Crippen LogP contribution in [0.3, 0.4) is 0 Å². The highest BCUT2D eigenvalue weighted by molar-refractivity contribution is 5.93. The van der Waals surface area contributed by atoms with Crippen LogP contribution in [0.15, 0.2) is 30.5 Å². The molecule has 0 saturated heterocycles. The fourth-order valence-electron chi connectivity index (χ4n) is 2.39. The number of benzene rings is 1.